The summed E-state index contributed by atoms with van der Waals surface area (Å²) in [5.41, 5.74) is 15.0. The minimum atomic E-state index is -0.379. The molecule has 2 aliphatic rings. The zero-order valence-corrected chi connectivity index (χ0v) is 12.1. The van der Waals surface area contributed by atoms with Crippen molar-refractivity contribution in [1.82, 2.24) is 9.55 Å². The second-order valence-electron chi connectivity index (χ2n) is 6.09. The van der Waals surface area contributed by atoms with Crippen LogP contribution < -0.4 is 11.5 Å². The quantitative estimate of drug-likeness (QED) is 0.881. The maximum Gasteiger partial charge on any atom is 0.0953 e. The minimum Gasteiger partial charge on any atom is -0.327 e. The summed E-state index contributed by atoms with van der Waals surface area (Å²) in [5.74, 6) is 0. The molecule has 20 heavy (non-hydrogen) atoms. The van der Waals surface area contributed by atoms with E-state index in [1.807, 2.05) is 12.5 Å². The van der Waals surface area contributed by atoms with Gasteiger partial charge in [0.1, 0.15) is 0 Å². The Morgan fingerprint density at radius 2 is 2.35 bits per heavy atom. The molecule has 4 heteroatoms. The van der Waals surface area contributed by atoms with Gasteiger partial charge < -0.3 is 16.0 Å². The smallest absolute Gasteiger partial charge is 0.0953 e. The van der Waals surface area contributed by atoms with Crippen molar-refractivity contribution in [3.05, 3.63) is 42.0 Å². The van der Waals surface area contributed by atoms with Crippen LogP contribution in [0.3, 0.4) is 0 Å². The molecule has 1 aromatic rings. The summed E-state index contributed by atoms with van der Waals surface area (Å²) in [4.78, 5) is 4.23. The Morgan fingerprint density at radius 3 is 3.10 bits per heavy atom. The fourth-order valence-electron chi connectivity index (χ4n) is 3.29. The fraction of sp³-hybridized carbons (Fsp3) is 0.562. The first-order valence-electron chi connectivity index (χ1n) is 7.60. The number of allylic oxidation sites excluding steroid dienone is 2. The second-order valence-corrected chi connectivity index (χ2v) is 6.09. The Kier molecular flexibility index (Phi) is 3.52. The number of hydrogen-bond donors (Lipinski definition) is 2. The van der Waals surface area contributed by atoms with Crippen molar-refractivity contribution >= 4 is 0 Å². The molecule has 3 rings (SSSR count). The van der Waals surface area contributed by atoms with Gasteiger partial charge in [0.25, 0.3) is 0 Å². The van der Waals surface area contributed by atoms with E-state index >= 15 is 0 Å². The van der Waals surface area contributed by atoms with Gasteiger partial charge >= 0.3 is 0 Å². The molecule has 108 valence electrons. The number of aromatic nitrogens is 2. The van der Waals surface area contributed by atoms with E-state index in [0.29, 0.717) is 6.04 Å². The van der Waals surface area contributed by atoms with E-state index in [1.165, 1.54) is 11.3 Å². The molecule has 0 aromatic carbocycles. The molecular weight excluding hydrogens is 248 g/mol. The van der Waals surface area contributed by atoms with Crippen molar-refractivity contribution in [2.45, 2.75) is 56.7 Å². The summed E-state index contributed by atoms with van der Waals surface area (Å²) in [6.07, 6.45) is 15.8. The van der Waals surface area contributed by atoms with Gasteiger partial charge in [0.05, 0.1) is 17.9 Å². The summed E-state index contributed by atoms with van der Waals surface area (Å²) < 4.78 is 2.26. The molecule has 3 unspecified atom stereocenters. The van der Waals surface area contributed by atoms with Gasteiger partial charge in [-0.15, -0.1) is 0 Å². The van der Waals surface area contributed by atoms with Gasteiger partial charge in [0, 0.05) is 17.9 Å². The van der Waals surface area contributed by atoms with E-state index in [2.05, 4.69) is 34.7 Å². The molecule has 0 bridgehead atoms. The number of nitrogens with two attached hydrogens (primary N) is 2. The summed E-state index contributed by atoms with van der Waals surface area (Å²) in [6, 6.07) is 0.284. The molecule has 1 aliphatic carbocycles. The maximum absolute atomic E-state index is 6.45. The van der Waals surface area contributed by atoms with Crippen LogP contribution in [0.25, 0.3) is 0 Å². The molecule has 4 N–H and O–H groups in total. The van der Waals surface area contributed by atoms with Crippen molar-refractivity contribution in [2.24, 2.45) is 11.5 Å². The van der Waals surface area contributed by atoms with E-state index in [1.54, 1.807) is 0 Å². The van der Waals surface area contributed by atoms with Gasteiger partial charge in [-0.25, -0.2) is 4.98 Å². The lowest BCUT2D eigenvalue weighted by Crippen LogP contribution is -2.54. The Hall–Kier alpha value is -1.39. The average Bonchev–Trinajstić information content (AvgIpc) is 3.03. The zero-order chi connectivity index (χ0) is 14.2. The fourth-order valence-corrected chi connectivity index (χ4v) is 3.29. The molecule has 3 atom stereocenters. The molecule has 2 heterocycles. The lowest BCUT2D eigenvalue weighted by molar-refractivity contribution is 0.415. The van der Waals surface area contributed by atoms with Crippen molar-refractivity contribution in [2.75, 3.05) is 0 Å². The van der Waals surface area contributed by atoms with Gasteiger partial charge in [0.15, 0.2) is 0 Å². The van der Waals surface area contributed by atoms with Crippen LogP contribution in [0.1, 0.15) is 44.3 Å². The summed E-state index contributed by atoms with van der Waals surface area (Å²) >= 11 is 0. The number of hydrogen-bond acceptors (Lipinski definition) is 3. The van der Waals surface area contributed by atoms with E-state index in [4.69, 9.17) is 11.5 Å². The highest BCUT2D eigenvalue weighted by Gasteiger charge is 2.33. The van der Waals surface area contributed by atoms with Gasteiger partial charge in [0.2, 0.25) is 0 Å². The van der Waals surface area contributed by atoms with Gasteiger partial charge in [-0.05, 0) is 24.8 Å². The van der Waals surface area contributed by atoms with Gasteiger partial charge in [-0.3, -0.25) is 0 Å². The molecule has 0 spiro atoms. The summed E-state index contributed by atoms with van der Waals surface area (Å²) in [5, 5.41) is 0. The number of rotatable bonds is 4. The maximum atomic E-state index is 6.45. The van der Waals surface area contributed by atoms with E-state index in [9.17, 15) is 0 Å². The standard InChI is InChI=1S/C16H24N4/c1-2-3-7-16(18)8-6-12(9-15(16)17)14-5-4-13-10-19-11-20(13)14/h6,8-11,14-15H,2-5,7,17-18H2,1H3. The Morgan fingerprint density at radius 1 is 1.50 bits per heavy atom. The van der Waals surface area contributed by atoms with E-state index in [0.717, 1.165) is 32.1 Å². The molecular formula is C16H24N4. The van der Waals surface area contributed by atoms with Crippen molar-refractivity contribution in [3.63, 3.8) is 0 Å². The molecule has 4 nitrogen and oxygen atoms in total. The third kappa shape index (κ3) is 2.23. The third-order valence-corrected chi connectivity index (χ3v) is 4.68. The normalized spacial score (nSPS) is 32.2. The Labute approximate surface area is 120 Å². The van der Waals surface area contributed by atoms with Crippen LogP contribution in [-0.2, 0) is 6.42 Å². The summed E-state index contributed by atoms with van der Waals surface area (Å²) in [6.45, 7) is 2.18. The van der Waals surface area contributed by atoms with Crippen LogP contribution in [0.15, 0.2) is 36.3 Å². The van der Waals surface area contributed by atoms with Crippen LogP contribution in [0.5, 0.6) is 0 Å². The highest BCUT2D eigenvalue weighted by Crippen LogP contribution is 2.35. The lowest BCUT2D eigenvalue weighted by Gasteiger charge is -2.35. The van der Waals surface area contributed by atoms with Crippen molar-refractivity contribution in [3.8, 4) is 0 Å². The van der Waals surface area contributed by atoms with Crippen LogP contribution in [-0.4, -0.2) is 21.1 Å². The van der Waals surface area contributed by atoms with Crippen molar-refractivity contribution < 1.29 is 0 Å². The molecule has 0 saturated carbocycles. The van der Waals surface area contributed by atoms with E-state index in [-0.39, 0.29) is 11.6 Å². The number of unbranched alkanes of at least 4 members (excludes halogenated alkanes) is 1. The zero-order valence-electron chi connectivity index (χ0n) is 12.1. The molecule has 0 fully saturated rings. The van der Waals surface area contributed by atoms with Gasteiger partial charge in [-0.2, -0.15) is 0 Å². The monoisotopic (exact) mass is 272 g/mol. The number of imidazole rings is 1. The predicted octanol–water partition coefficient (Wildman–Crippen LogP) is 2.08. The van der Waals surface area contributed by atoms with Crippen LogP contribution in [0.4, 0.5) is 0 Å². The highest BCUT2D eigenvalue weighted by molar-refractivity contribution is 5.37. The second kappa shape index (κ2) is 5.19. The Balaban J connectivity index is 1.79. The largest absolute Gasteiger partial charge is 0.327 e. The number of nitrogens with zero attached hydrogens (tertiary/aromatic N) is 2. The topological polar surface area (TPSA) is 69.9 Å². The first-order valence-corrected chi connectivity index (χ1v) is 7.60. The molecule has 0 radical (unpaired) electrons. The van der Waals surface area contributed by atoms with E-state index < -0.39 is 0 Å². The first-order chi connectivity index (χ1) is 9.64. The van der Waals surface area contributed by atoms with Crippen LogP contribution >= 0.6 is 0 Å². The number of aryl methyl sites for hydroxylation is 1. The first kappa shape index (κ1) is 13.6. The molecule has 1 aromatic heterocycles. The van der Waals surface area contributed by atoms with Crippen LogP contribution in [0, 0.1) is 0 Å². The molecule has 1 aliphatic heterocycles. The third-order valence-electron chi connectivity index (χ3n) is 4.68. The van der Waals surface area contributed by atoms with Crippen LogP contribution in [0.2, 0.25) is 0 Å². The SMILES string of the molecule is CCCCC1(N)C=CC(C2CCc3cncn32)=CC1N. The lowest BCUT2D eigenvalue weighted by atomic mass is 9.80. The predicted molar refractivity (Wildman–Crippen MR) is 81.2 cm³/mol. The summed E-state index contributed by atoms with van der Waals surface area (Å²) in [7, 11) is 0. The van der Waals surface area contributed by atoms with Gasteiger partial charge in [-0.1, -0.05) is 38.0 Å². The number of fused-ring (bicyclic) bond motifs is 1. The highest BCUT2D eigenvalue weighted by atomic mass is 15.1. The Bertz CT molecular complexity index is 542. The molecule has 0 saturated heterocycles. The molecule has 0 amide bonds. The van der Waals surface area contributed by atoms with Crippen molar-refractivity contribution in [1.29, 1.82) is 0 Å². The average molecular weight is 272 g/mol. The minimum absolute atomic E-state index is 0.0957.